The molecule has 1 atom stereocenters. The van der Waals surface area contributed by atoms with Gasteiger partial charge in [0.2, 0.25) is 5.91 Å². The number of hydrogen-bond acceptors (Lipinski definition) is 6. The quantitative estimate of drug-likeness (QED) is 0.256. The molecule has 7 heteroatoms. The third-order valence-electron chi connectivity index (χ3n) is 7.27. The minimum Gasteiger partial charge on any atom is -0.386 e. The van der Waals surface area contributed by atoms with E-state index in [1.807, 2.05) is 11.9 Å². The molecule has 38 heavy (non-hydrogen) atoms. The first kappa shape index (κ1) is 34.2. The van der Waals surface area contributed by atoms with Crippen LogP contribution in [-0.2, 0) is 14.3 Å². The summed E-state index contributed by atoms with van der Waals surface area (Å²) >= 11 is 0. The smallest absolute Gasteiger partial charge is 0.227 e. The van der Waals surface area contributed by atoms with Crippen LogP contribution in [0.1, 0.15) is 89.0 Å². The first-order valence-electron chi connectivity index (χ1n) is 14.0. The van der Waals surface area contributed by atoms with Gasteiger partial charge >= 0.3 is 0 Å². The number of carbonyl (C=O) groups excluding carboxylic acids is 1. The minimum atomic E-state index is -0.381. The van der Waals surface area contributed by atoms with Crippen molar-refractivity contribution >= 4 is 5.91 Å². The third-order valence-corrected chi connectivity index (χ3v) is 7.27. The summed E-state index contributed by atoms with van der Waals surface area (Å²) in [6, 6.07) is 0. The molecule has 0 radical (unpaired) electrons. The third kappa shape index (κ3) is 11.5. The van der Waals surface area contributed by atoms with Crippen molar-refractivity contribution in [2.45, 2.75) is 100 Å². The van der Waals surface area contributed by atoms with E-state index in [0.29, 0.717) is 39.1 Å². The molecule has 2 N–H and O–H groups in total. The lowest BCUT2D eigenvalue weighted by molar-refractivity contribution is -0.126. The van der Waals surface area contributed by atoms with Crippen LogP contribution in [0.4, 0.5) is 0 Å². The second-order valence-electron chi connectivity index (χ2n) is 14.0. The summed E-state index contributed by atoms with van der Waals surface area (Å²) < 4.78 is 12.3. The van der Waals surface area contributed by atoms with Crippen molar-refractivity contribution < 1.29 is 14.3 Å². The summed E-state index contributed by atoms with van der Waals surface area (Å²) in [5, 5.41) is 5.48. The van der Waals surface area contributed by atoms with Crippen molar-refractivity contribution in [3.8, 4) is 0 Å². The standard InChI is InChI=1S/C31H58N4O3/c1-23(20-34(32-14)17-18-37-29(7,8)9)30(10,11)22-38-31(12,13)21-33-24(2)15-16-35-25(3)26(19-27(35)36)28(4,5)6/h20,26,32-33H,2-3,15-19,21-22H2,1,4-14H3/b23-20+. The fraction of sp³-hybridized carbons (Fsp3) is 0.774. The molecule has 0 bridgehead atoms. The predicted octanol–water partition coefficient (Wildman–Crippen LogP) is 5.86. The van der Waals surface area contributed by atoms with Gasteiger partial charge in [-0.1, -0.05) is 47.8 Å². The zero-order valence-corrected chi connectivity index (χ0v) is 26.6. The lowest BCUT2D eigenvalue weighted by Crippen LogP contribution is -2.40. The van der Waals surface area contributed by atoms with E-state index in [4.69, 9.17) is 9.47 Å². The summed E-state index contributed by atoms with van der Waals surface area (Å²) in [5.74, 6) is 0.358. The van der Waals surface area contributed by atoms with Gasteiger partial charge in [-0.2, -0.15) is 0 Å². The Labute approximate surface area is 234 Å². The molecule has 1 saturated heterocycles. The van der Waals surface area contributed by atoms with Gasteiger partial charge in [0.15, 0.2) is 0 Å². The van der Waals surface area contributed by atoms with Crippen LogP contribution in [0.3, 0.4) is 0 Å². The van der Waals surface area contributed by atoms with Crippen LogP contribution in [0.5, 0.6) is 0 Å². The predicted molar refractivity (Wildman–Crippen MR) is 159 cm³/mol. The zero-order valence-electron chi connectivity index (χ0n) is 26.6. The van der Waals surface area contributed by atoms with Gasteiger partial charge in [0.25, 0.3) is 0 Å². The van der Waals surface area contributed by atoms with Gasteiger partial charge in [-0.25, -0.2) is 5.43 Å². The van der Waals surface area contributed by atoms with Crippen LogP contribution >= 0.6 is 0 Å². The zero-order chi connectivity index (χ0) is 29.5. The van der Waals surface area contributed by atoms with Crippen LogP contribution in [0, 0.1) is 16.7 Å². The number of allylic oxidation sites excluding steroid dienone is 1. The number of hydrazine groups is 1. The first-order chi connectivity index (χ1) is 17.2. The molecule has 1 aliphatic rings. The summed E-state index contributed by atoms with van der Waals surface area (Å²) in [6.45, 7) is 35.1. The second-order valence-corrected chi connectivity index (χ2v) is 14.0. The van der Waals surface area contributed by atoms with E-state index >= 15 is 0 Å². The van der Waals surface area contributed by atoms with Gasteiger partial charge in [-0.3, -0.25) is 4.79 Å². The number of rotatable bonds is 15. The Morgan fingerprint density at radius 3 is 2.21 bits per heavy atom. The number of amides is 1. The molecular weight excluding hydrogens is 476 g/mol. The maximum Gasteiger partial charge on any atom is 0.227 e. The molecule has 0 aliphatic carbocycles. The average Bonchev–Trinajstić information content (AvgIpc) is 3.07. The van der Waals surface area contributed by atoms with Crippen molar-refractivity contribution in [3.63, 3.8) is 0 Å². The molecule has 1 aliphatic heterocycles. The molecule has 1 fully saturated rings. The first-order valence-corrected chi connectivity index (χ1v) is 14.0. The molecule has 0 aromatic rings. The molecule has 1 amide bonds. The number of nitrogens with one attached hydrogen (secondary N) is 2. The number of likely N-dealkylation sites (tertiary alicyclic amines) is 1. The van der Waals surface area contributed by atoms with Crippen molar-refractivity contribution in [1.29, 1.82) is 0 Å². The van der Waals surface area contributed by atoms with E-state index < -0.39 is 0 Å². The monoisotopic (exact) mass is 534 g/mol. The Morgan fingerprint density at radius 2 is 1.71 bits per heavy atom. The largest absolute Gasteiger partial charge is 0.386 e. The van der Waals surface area contributed by atoms with E-state index in [2.05, 4.69) is 111 Å². The highest BCUT2D eigenvalue weighted by molar-refractivity contribution is 5.82. The molecule has 0 spiro atoms. The molecule has 0 aromatic heterocycles. The summed E-state index contributed by atoms with van der Waals surface area (Å²) in [7, 11) is 1.92. The van der Waals surface area contributed by atoms with Gasteiger partial charge in [-0.05, 0) is 52.5 Å². The summed E-state index contributed by atoms with van der Waals surface area (Å²) in [4.78, 5) is 14.4. The molecule has 0 aromatic carbocycles. The number of ether oxygens (including phenoxy) is 2. The van der Waals surface area contributed by atoms with Crippen LogP contribution in [-0.4, -0.2) is 66.9 Å². The van der Waals surface area contributed by atoms with E-state index in [1.54, 1.807) is 0 Å². The Morgan fingerprint density at radius 1 is 1.11 bits per heavy atom. The maximum atomic E-state index is 12.6. The molecular formula is C31H58N4O3. The summed E-state index contributed by atoms with van der Waals surface area (Å²) in [6.07, 6.45) is 3.37. The molecule has 220 valence electrons. The fourth-order valence-corrected chi connectivity index (χ4v) is 4.14. The Kier molecular flexibility index (Phi) is 12.1. The fourth-order valence-electron chi connectivity index (χ4n) is 4.14. The van der Waals surface area contributed by atoms with Crippen molar-refractivity contribution in [3.05, 3.63) is 36.3 Å². The highest BCUT2D eigenvalue weighted by Crippen LogP contribution is 2.40. The molecule has 0 saturated carbocycles. The van der Waals surface area contributed by atoms with Crippen molar-refractivity contribution in [2.24, 2.45) is 16.7 Å². The Bertz CT molecular complexity index is 846. The number of hydrogen-bond donors (Lipinski definition) is 2. The van der Waals surface area contributed by atoms with E-state index in [0.717, 1.165) is 17.9 Å². The topological polar surface area (TPSA) is 66.1 Å². The van der Waals surface area contributed by atoms with Crippen LogP contribution in [0.25, 0.3) is 0 Å². The van der Waals surface area contributed by atoms with Gasteiger partial charge in [0.1, 0.15) is 0 Å². The van der Waals surface area contributed by atoms with Crippen LogP contribution in [0.15, 0.2) is 36.3 Å². The highest BCUT2D eigenvalue weighted by Gasteiger charge is 2.40. The molecule has 1 heterocycles. The maximum absolute atomic E-state index is 12.6. The van der Waals surface area contributed by atoms with Gasteiger partial charge in [0.05, 0.1) is 31.0 Å². The number of nitrogens with zero attached hydrogens (tertiary/aromatic N) is 2. The van der Waals surface area contributed by atoms with E-state index in [9.17, 15) is 4.79 Å². The van der Waals surface area contributed by atoms with Gasteiger partial charge < -0.3 is 24.7 Å². The average molecular weight is 535 g/mol. The SMILES string of the molecule is C=C(CCN1C(=C)C(C(C)(C)C)CC1=O)NCC(C)(C)OCC(C)(C)/C(C)=C/N(CCOC(C)(C)C)NC. The minimum absolute atomic E-state index is 0.0332. The van der Waals surface area contributed by atoms with Crippen molar-refractivity contribution in [2.75, 3.05) is 39.9 Å². The van der Waals surface area contributed by atoms with Gasteiger partial charge in [0, 0.05) is 61.9 Å². The number of carbonyl (C=O) groups is 1. The van der Waals surface area contributed by atoms with Crippen LogP contribution < -0.4 is 10.7 Å². The molecule has 1 rings (SSSR count). The van der Waals surface area contributed by atoms with Crippen molar-refractivity contribution in [1.82, 2.24) is 20.7 Å². The lowest BCUT2D eigenvalue weighted by Gasteiger charge is -2.34. The molecule has 1 unspecified atom stereocenters. The summed E-state index contributed by atoms with van der Waals surface area (Å²) in [5.41, 5.74) is 5.65. The molecule has 7 nitrogen and oxygen atoms in total. The lowest BCUT2D eigenvalue weighted by atomic mass is 9.79. The normalized spacial score (nSPS) is 17.8. The van der Waals surface area contributed by atoms with E-state index in [1.165, 1.54) is 5.57 Å². The van der Waals surface area contributed by atoms with Crippen LogP contribution in [0.2, 0.25) is 0 Å². The Hall–Kier alpha value is -1.83. The van der Waals surface area contributed by atoms with E-state index in [-0.39, 0.29) is 33.9 Å². The Balaban J connectivity index is 2.55. The highest BCUT2D eigenvalue weighted by atomic mass is 16.5. The van der Waals surface area contributed by atoms with Gasteiger partial charge in [-0.15, -0.1) is 0 Å². The second kappa shape index (κ2) is 13.5.